The number of aromatic nitrogens is 1. The fourth-order valence-electron chi connectivity index (χ4n) is 2.89. The second kappa shape index (κ2) is 6.32. The van der Waals surface area contributed by atoms with Crippen molar-refractivity contribution < 1.29 is 9.13 Å². The summed E-state index contributed by atoms with van der Waals surface area (Å²) in [6.07, 6.45) is 1.99. The second-order valence-electron chi connectivity index (χ2n) is 5.82. The van der Waals surface area contributed by atoms with E-state index < -0.39 is 0 Å². The van der Waals surface area contributed by atoms with Crippen LogP contribution in [0, 0.1) is 5.82 Å². The van der Waals surface area contributed by atoms with E-state index in [2.05, 4.69) is 16.7 Å². The fraction of sp³-hybridized carbons (Fsp3) is 0.150. The number of rotatable bonds is 4. The van der Waals surface area contributed by atoms with Crippen molar-refractivity contribution in [2.24, 2.45) is 4.99 Å². The Morgan fingerprint density at radius 2 is 1.79 bits per heavy atom. The molecule has 0 radical (unpaired) electrons. The van der Waals surface area contributed by atoms with Gasteiger partial charge in [0.05, 0.1) is 0 Å². The van der Waals surface area contributed by atoms with E-state index in [1.165, 1.54) is 12.1 Å². The smallest absolute Gasteiger partial charge is 0.234 e. The third-order valence-corrected chi connectivity index (χ3v) is 4.15. The van der Waals surface area contributed by atoms with Crippen molar-refractivity contribution in [3.63, 3.8) is 0 Å². The maximum Gasteiger partial charge on any atom is 0.234 e. The van der Waals surface area contributed by atoms with Crippen LogP contribution >= 0.6 is 0 Å². The molecule has 120 valence electrons. The van der Waals surface area contributed by atoms with Gasteiger partial charge in [0.1, 0.15) is 24.2 Å². The summed E-state index contributed by atoms with van der Waals surface area (Å²) in [4.78, 5) is 4.73. The summed E-state index contributed by atoms with van der Waals surface area (Å²) in [5.74, 6) is 0.441. The lowest BCUT2D eigenvalue weighted by Crippen LogP contribution is -2.10. The lowest BCUT2D eigenvalue weighted by molar-refractivity contribution is 0.318. The molecule has 4 heteroatoms. The molecule has 1 aliphatic rings. The summed E-state index contributed by atoms with van der Waals surface area (Å²) in [5.41, 5.74) is 3.13. The van der Waals surface area contributed by atoms with Crippen molar-refractivity contribution in [2.45, 2.75) is 12.6 Å². The molecular formula is C20H17FN2O. The molecule has 0 amide bonds. The number of hydrogen-bond acceptors (Lipinski definition) is 2. The minimum absolute atomic E-state index is 0.0374. The molecule has 1 aromatic heterocycles. The van der Waals surface area contributed by atoms with Crippen LogP contribution in [-0.4, -0.2) is 17.1 Å². The summed E-state index contributed by atoms with van der Waals surface area (Å²) in [5, 5.41) is 0. The number of hydrogen-bond donors (Lipinski definition) is 0. The summed E-state index contributed by atoms with van der Waals surface area (Å²) in [7, 11) is 0. The number of nitrogens with zero attached hydrogens (tertiary/aromatic N) is 2. The first-order chi connectivity index (χ1) is 11.8. The van der Waals surface area contributed by atoms with Gasteiger partial charge in [-0.2, -0.15) is 0 Å². The minimum atomic E-state index is -0.222. The molecule has 0 bridgehead atoms. The van der Waals surface area contributed by atoms with E-state index in [1.54, 1.807) is 12.1 Å². The van der Waals surface area contributed by atoms with Crippen LogP contribution in [0.15, 0.2) is 77.9 Å². The van der Waals surface area contributed by atoms with E-state index in [0.29, 0.717) is 19.0 Å². The Morgan fingerprint density at radius 1 is 1.00 bits per heavy atom. The van der Waals surface area contributed by atoms with Gasteiger partial charge < -0.3 is 9.30 Å². The van der Waals surface area contributed by atoms with Crippen molar-refractivity contribution in [1.82, 2.24) is 4.57 Å². The zero-order valence-electron chi connectivity index (χ0n) is 13.1. The molecule has 0 saturated heterocycles. The maximum absolute atomic E-state index is 13.0. The predicted molar refractivity (Wildman–Crippen MR) is 91.6 cm³/mol. The van der Waals surface area contributed by atoms with Crippen LogP contribution < -0.4 is 0 Å². The Morgan fingerprint density at radius 3 is 2.58 bits per heavy atom. The van der Waals surface area contributed by atoms with Gasteiger partial charge in [-0.15, -0.1) is 0 Å². The molecule has 4 rings (SSSR count). The highest BCUT2D eigenvalue weighted by Gasteiger charge is 2.23. The van der Waals surface area contributed by atoms with Crippen LogP contribution in [0.2, 0.25) is 0 Å². The molecule has 2 heterocycles. The number of aliphatic imine (C=N–C) groups is 1. The highest BCUT2D eigenvalue weighted by atomic mass is 19.1. The zero-order chi connectivity index (χ0) is 16.4. The van der Waals surface area contributed by atoms with Crippen LogP contribution in [0.1, 0.15) is 22.9 Å². The topological polar surface area (TPSA) is 26.5 Å². The summed E-state index contributed by atoms with van der Waals surface area (Å²) in [6.45, 7) is 1.21. The Hall–Kier alpha value is -2.88. The molecule has 0 unspecified atom stereocenters. The number of benzene rings is 2. The largest absolute Gasteiger partial charge is 0.474 e. The molecule has 0 aliphatic carbocycles. The Bertz CT molecular complexity index is 853. The molecule has 3 aromatic rings. The third-order valence-electron chi connectivity index (χ3n) is 4.15. The lowest BCUT2D eigenvalue weighted by Gasteiger charge is -2.09. The van der Waals surface area contributed by atoms with Gasteiger partial charge in [0.15, 0.2) is 0 Å². The SMILES string of the molecule is Fc1ccc(Cn2cccc2C2=N[C@H](c3ccccc3)CO2)cc1. The van der Waals surface area contributed by atoms with E-state index >= 15 is 0 Å². The lowest BCUT2D eigenvalue weighted by atomic mass is 10.1. The molecule has 0 N–H and O–H groups in total. The second-order valence-corrected chi connectivity index (χ2v) is 5.82. The van der Waals surface area contributed by atoms with E-state index in [1.807, 2.05) is 36.5 Å². The summed E-state index contributed by atoms with van der Waals surface area (Å²) in [6, 6.07) is 20.7. The van der Waals surface area contributed by atoms with Gasteiger partial charge in [0.25, 0.3) is 0 Å². The average Bonchev–Trinajstić information content (AvgIpc) is 3.27. The predicted octanol–water partition coefficient (Wildman–Crippen LogP) is 4.19. The molecule has 2 aromatic carbocycles. The average molecular weight is 320 g/mol. The molecule has 24 heavy (non-hydrogen) atoms. The van der Waals surface area contributed by atoms with Gasteiger partial charge in [-0.3, -0.25) is 0 Å². The van der Waals surface area contributed by atoms with Crippen LogP contribution in [0.4, 0.5) is 4.39 Å². The highest BCUT2D eigenvalue weighted by Crippen LogP contribution is 2.25. The molecule has 3 nitrogen and oxygen atoms in total. The molecule has 1 atom stereocenters. The quantitative estimate of drug-likeness (QED) is 0.708. The van der Waals surface area contributed by atoms with Gasteiger partial charge in [-0.1, -0.05) is 42.5 Å². The molecule has 0 fully saturated rings. The van der Waals surface area contributed by atoms with E-state index in [4.69, 9.17) is 9.73 Å². The van der Waals surface area contributed by atoms with Gasteiger partial charge >= 0.3 is 0 Å². The zero-order valence-corrected chi connectivity index (χ0v) is 13.1. The van der Waals surface area contributed by atoms with Crippen LogP contribution in [0.5, 0.6) is 0 Å². The van der Waals surface area contributed by atoms with E-state index in [-0.39, 0.29) is 11.9 Å². The highest BCUT2D eigenvalue weighted by molar-refractivity contribution is 5.93. The maximum atomic E-state index is 13.0. The van der Waals surface area contributed by atoms with Crippen molar-refractivity contribution in [3.8, 4) is 0 Å². The van der Waals surface area contributed by atoms with E-state index in [9.17, 15) is 4.39 Å². The Balaban J connectivity index is 1.57. The van der Waals surface area contributed by atoms with Gasteiger partial charge in [-0.05, 0) is 35.4 Å². The van der Waals surface area contributed by atoms with Crippen molar-refractivity contribution in [3.05, 3.63) is 95.6 Å². The summed E-state index contributed by atoms with van der Waals surface area (Å²) >= 11 is 0. The van der Waals surface area contributed by atoms with Crippen LogP contribution in [0.25, 0.3) is 0 Å². The normalized spacial score (nSPS) is 16.7. The summed E-state index contributed by atoms with van der Waals surface area (Å²) < 4.78 is 20.9. The Kier molecular flexibility index (Phi) is 3.87. The molecule has 0 spiro atoms. The standard InChI is InChI=1S/C20H17FN2O/c21-17-10-8-15(9-11-17)13-23-12-4-7-19(23)20-22-18(14-24-20)16-5-2-1-3-6-16/h1-12,18H,13-14H2/t18-/m0/s1. The van der Waals surface area contributed by atoms with E-state index in [0.717, 1.165) is 16.8 Å². The molecule has 1 aliphatic heterocycles. The third kappa shape index (κ3) is 2.95. The molecular weight excluding hydrogens is 303 g/mol. The first kappa shape index (κ1) is 14.7. The fourth-order valence-corrected chi connectivity index (χ4v) is 2.89. The number of halogens is 1. The monoisotopic (exact) mass is 320 g/mol. The first-order valence-corrected chi connectivity index (χ1v) is 7.95. The molecule has 0 saturated carbocycles. The first-order valence-electron chi connectivity index (χ1n) is 7.95. The number of ether oxygens (including phenoxy) is 1. The van der Waals surface area contributed by atoms with Gasteiger partial charge in [0.2, 0.25) is 5.90 Å². The van der Waals surface area contributed by atoms with Crippen molar-refractivity contribution in [2.75, 3.05) is 6.61 Å². The minimum Gasteiger partial charge on any atom is -0.474 e. The Labute approximate surface area is 140 Å². The van der Waals surface area contributed by atoms with Crippen LogP contribution in [0.3, 0.4) is 0 Å². The van der Waals surface area contributed by atoms with Crippen LogP contribution in [-0.2, 0) is 11.3 Å². The van der Waals surface area contributed by atoms with Crippen molar-refractivity contribution in [1.29, 1.82) is 0 Å². The van der Waals surface area contributed by atoms with Crippen molar-refractivity contribution >= 4 is 5.90 Å². The van der Waals surface area contributed by atoms with Gasteiger partial charge in [-0.25, -0.2) is 9.38 Å². The van der Waals surface area contributed by atoms with Gasteiger partial charge in [0, 0.05) is 12.7 Å².